The molecule has 1 heterocycles. The zero-order valence-electron chi connectivity index (χ0n) is 10.1. The lowest BCUT2D eigenvalue weighted by Crippen LogP contribution is -2.08. The fourth-order valence-corrected chi connectivity index (χ4v) is 1.84. The van der Waals surface area contributed by atoms with Crippen LogP contribution in [0.4, 0.5) is 0 Å². The third kappa shape index (κ3) is 3.14. The zero-order chi connectivity index (χ0) is 12.1. The lowest BCUT2D eigenvalue weighted by atomic mass is 9.98. The van der Waals surface area contributed by atoms with Gasteiger partial charge in [-0.05, 0) is 41.6 Å². The van der Waals surface area contributed by atoms with E-state index in [0.29, 0.717) is 12.5 Å². The van der Waals surface area contributed by atoms with Crippen LogP contribution < -0.4 is 5.73 Å². The molecule has 2 nitrogen and oxygen atoms in total. The van der Waals surface area contributed by atoms with E-state index in [4.69, 9.17) is 5.73 Å². The molecule has 0 radical (unpaired) electrons. The first-order chi connectivity index (χ1) is 8.29. The predicted molar refractivity (Wildman–Crippen MR) is 71.0 cm³/mol. The minimum Gasteiger partial charge on any atom is -0.330 e. The van der Waals surface area contributed by atoms with Gasteiger partial charge in [0.2, 0.25) is 0 Å². The first-order valence-electron chi connectivity index (χ1n) is 5.97. The first kappa shape index (κ1) is 11.8. The van der Waals surface area contributed by atoms with Gasteiger partial charge in [0.25, 0.3) is 0 Å². The molecule has 88 valence electrons. The third-order valence-corrected chi connectivity index (χ3v) is 3.03. The standard InChI is InChI=1S/C15H18N2/c1-12(10-16)15-6-4-13(5-7-15)9-14-3-2-8-17-11-14/h2-8,11-12H,9-10,16H2,1H3. The predicted octanol–water partition coefficient (Wildman–Crippen LogP) is 2.73. The number of benzene rings is 1. The number of nitrogens with two attached hydrogens (primary N) is 1. The summed E-state index contributed by atoms with van der Waals surface area (Å²) in [6.45, 7) is 2.85. The number of nitrogens with zero attached hydrogens (tertiary/aromatic N) is 1. The van der Waals surface area contributed by atoms with Crippen molar-refractivity contribution in [3.63, 3.8) is 0 Å². The van der Waals surface area contributed by atoms with Crippen molar-refractivity contribution in [3.05, 3.63) is 65.5 Å². The van der Waals surface area contributed by atoms with E-state index in [-0.39, 0.29) is 0 Å². The summed E-state index contributed by atoms with van der Waals surface area (Å²) in [7, 11) is 0. The van der Waals surface area contributed by atoms with Crippen LogP contribution >= 0.6 is 0 Å². The van der Waals surface area contributed by atoms with E-state index in [1.54, 1.807) is 6.20 Å². The van der Waals surface area contributed by atoms with Crippen molar-refractivity contribution < 1.29 is 0 Å². The molecular formula is C15H18N2. The second kappa shape index (κ2) is 5.60. The topological polar surface area (TPSA) is 38.9 Å². The highest BCUT2D eigenvalue weighted by Crippen LogP contribution is 2.16. The molecule has 0 spiro atoms. The Morgan fingerprint density at radius 1 is 1.12 bits per heavy atom. The molecule has 17 heavy (non-hydrogen) atoms. The van der Waals surface area contributed by atoms with Crippen LogP contribution in [-0.2, 0) is 6.42 Å². The van der Waals surface area contributed by atoms with Gasteiger partial charge in [0.1, 0.15) is 0 Å². The molecule has 0 aliphatic carbocycles. The molecule has 1 aromatic heterocycles. The SMILES string of the molecule is CC(CN)c1ccc(Cc2cccnc2)cc1. The van der Waals surface area contributed by atoms with Gasteiger partial charge in [0.05, 0.1) is 0 Å². The number of aromatic nitrogens is 1. The summed E-state index contributed by atoms with van der Waals surface area (Å²) in [6, 6.07) is 12.8. The summed E-state index contributed by atoms with van der Waals surface area (Å²) < 4.78 is 0. The molecule has 0 amide bonds. The molecule has 2 heteroatoms. The van der Waals surface area contributed by atoms with Crippen LogP contribution in [-0.4, -0.2) is 11.5 Å². The molecule has 0 saturated carbocycles. The van der Waals surface area contributed by atoms with E-state index >= 15 is 0 Å². The van der Waals surface area contributed by atoms with Crippen molar-refractivity contribution in [2.24, 2.45) is 5.73 Å². The minimum absolute atomic E-state index is 0.433. The smallest absolute Gasteiger partial charge is 0.0303 e. The van der Waals surface area contributed by atoms with E-state index in [1.165, 1.54) is 16.7 Å². The number of hydrogen-bond acceptors (Lipinski definition) is 2. The Bertz CT molecular complexity index is 448. The van der Waals surface area contributed by atoms with Crippen molar-refractivity contribution in [2.45, 2.75) is 19.3 Å². The summed E-state index contributed by atoms with van der Waals surface area (Å²) in [4.78, 5) is 4.12. The fourth-order valence-electron chi connectivity index (χ4n) is 1.84. The lowest BCUT2D eigenvalue weighted by molar-refractivity contribution is 0.773. The average molecular weight is 226 g/mol. The molecular weight excluding hydrogens is 208 g/mol. The molecule has 1 unspecified atom stereocenters. The summed E-state index contributed by atoms with van der Waals surface area (Å²) in [5, 5.41) is 0. The maximum absolute atomic E-state index is 5.66. The minimum atomic E-state index is 0.433. The van der Waals surface area contributed by atoms with Gasteiger partial charge in [-0.3, -0.25) is 4.98 Å². The van der Waals surface area contributed by atoms with Crippen molar-refractivity contribution in [1.29, 1.82) is 0 Å². The van der Waals surface area contributed by atoms with Crippen molar-refractivity contribution in [3.8, 4) is 0 Å². The Hall–Kier alpha value is -1.67. The van der Waals surface area contributed by atoms with Crippen LogP contribution in [0.1, 0.15) is 29.5 Å². The molecule has 2 rings (SSSR count). The fraction of sp³-hybridized carbons (Fsp3) is 0.267. The van der Waals surface area contributed by atoms with Crippen molar-refractivity contribution in [2.75, 3.05) is 6.54 Å². The van der Waals surface area contributed by atoms with Crippen LogP contribution in [0.25, 0.3) is 0 Å². The molecule has 1 atom stereocenters. The van der Waals surface area contributed by atoms with E-state index in [2.05, 4.69) is 42.2 Å². The molecule has 0 bridgehead atoms. The van der Waals surface area contributed by atoms with E-state index < -0.39 is 0 Å². The summed E-state index contributed by atoms with van der Waals surface area (Å²) in [5.41, 5.74) is 9.52. The summed E-state index contributed by atoms with van der Waals surface area (Å²) in [6.07, 6.45) is 4.65. The summed E-state index contributed by atoms with van der Waals surface area (Å²) >= 11 is 0. The highest BCUT2D eigenvalue weighted by molar-refractivity contribution is 5.29. The Labute approximate surface area is 103 Å². The second-order valence-electron chi connectivity index (χ2n) is 4.42. The average Bonchev–Trinajstić information content (AvgIpc) is 2.40. The molecule has 2 aromatic rings. The Kier molecular flexibility index (Phi) is 3.89. The van der Waals surface area contributed by atoms with Crippen molar-refractivity contribution in [1.82, 2.24) is 4.98 Å². The van der Waals surface area contributed by atoms with Crippen LogP contribution in [0.15, 0.2) is 48.8 Å². The molecule has 0 aliphatic rings. The van der Waals surface area contributed by atoms with Gasteiger partial charge in [-0.1, -0.05) is 37.3 Å². The van der Waals surface area contributed by atoms with Gasteiger partial charge in [-0.2, -0.15) is 0 Å². The van der Waals surface area contributed by atoms with Crippen LogP contribution in [0, 0.1) is 0 Å². The highest BCUT2D eigenvalue weighted by Gasteiger charge is 2.02. The molecule has 2 N–H and O–H groups in total. The molecule has 0 fully saturated rings. The molecule has 0 aliphatic heterocycles. The third-order valence-electron chi connectivity index (χ3n) is 3.03. The largest absolute Gasteiger partial charge is 0.330 e. The summed E-state index contributed by atoms with van der Waals surface area (Å²) in [5.74, 6) is 0.433. The van der Waals surface area contributed by atoms with Crippen molar-refractivity contribution >= 4 is 0 Å². The Balaban J connectivity index is 2.08. The molecule has 1 aromatic carbocycles. The van der Waals surface area contributed by atoms with Gasteiger partial charge in [-0.15, -0.1) is 0 Å². The van der Waals surface area contributed by atoms with Gasteiger partial charge in [0, 0.05) is 12.4 Å². The monoisotopic (exact) mass is 226 g/mol. The highest BCUT2D eigenvalue weighted by atomic mass is 14.6. The number of rotatable bonds is 4. The quantitative estimate of drug-likeness (QED) is 0.870. The maximum atomic E-state index is 5.66. The Morgan fingerprint density at radius 2 is 1.88 bits per heavy atom. The number of hydrogen-bond donors (Lipinski definition) is 1. The van der Waals surface area contributed by atoms with Crippen LogP contribution in [0.5, 0.6) is 0 Å². The Morgan fingerprint density at radius 3 is 2.47 bits per heavy atom. The lowest BCUT2D eigenvalue weighted by Gasteiger charge is -2.09. The molecule has 0 saturated heterocycles. The van der Waals surface area contributed by atoms with E-state index in [0.717, 1.165) is 6.42 Å². The van der Waals surface area contributed by atoms with Gasteiger partial charge in [-0.25, -0.2) is 0 Å². The number of pyridine rings is 1. The van der Waals surface area contributed by atoms with Gasteiger partial charge >= 0.3 is 0 Å². The second-order valence-corrected chi connectivity index (χ2v) is 4.42. The van der Waals surface area contributed by atoms with Gasteiger partial charge in [0.15, 0.2) is 0 Å². The van der Waals surface area contributed by atoms with Gasteiger partial charge < -0.3 is 5.73 Å². The maximum Gasteiger partial charge on any atom is 0.0303 e. The van der Waals surface area contributed by atoms with Crippen LogP contribution in [0.2, 0.25) is 0 Å². The first-order valence-corrected chi connectivity index (χ1v) is 5.97. The van der Waals surface area contributed by atoms with E-state index in [1.807, 2.05) is 12.3 Å². The van der Waals surface area contributed by atoms with Crippen LogP contribution in [0.3, 0.4) is 0 Å². The zero-order valence-corrected chi connectivity index (χ0v) is 10.1. The normalized spacial score (nSPS) is 12.4. The van der Waals surface area contributed by atoms with E-state index in [9.17, 15) is 0 Å².